The SMILES string of the molecule is Nc1c(Br)cnc(-c2ccncc2)c1Br. The van der Waals surface area contributed by atoms with Gasteiger partial charge in [-0.1, -0.05) is 0 Å². The van der Waals surface area contributed by atoms with Crippen LogP contribution in [0.1, 0.15) is 0 Å². The van der Waals surface area contributed by atoms with E-state index in [0.29, 0.717) is 5.69 Å². The molecule has 0 amide bonds. The van der Waals surface area contributed by atoms with E-state index in [9.17, 15) is 0 Å². The molecule has 0 aliphatic heterocycles. The van der Waals surface area contributed by atoms with Gasteiger partial charge in [0.05, 0.1) is 20.3 Å². The smallest absolute Gasteiger partial charge is 0.0866 e. The third-order valence-corrected chi connectivity index (χ3v) is 3.40. The van der Waals surface area contributed by atoms with Crippen molar-refractivity contribution in [3.63, 3.8) is 0 Å². The van der Waals surface area contributed by atoms with Gasteiger partial charge in [0.2, 0.25) is 0 Å². The molecule has 0 aromatic carbocycles. The minimum atomic E-state index is 0.650. The lowest BCUT2D eigenvalue weighted by atomic mass is 10.2. The third-order valence-electron chi connectivity index (χ3n) is 1.96. The molecule has 2 heterocycles. The summed E-state index contributed by atoms with van der Waals surface area (Å²) >= 11 is 6.75. The van der Waals surface area contributed by atoms with Crippen LogP contribution >= 0.6 is 31.9 Å². The van der Waals surface area contributed by atoms with E-state index in [4.69, 9.17) is 5.73 Å². The van der Waals surface area contributed by atoms with Crippen LogP contribution in [0.5, 0.6) is 0 Å². The second kappa shape index (κ2) is 4.28. The molecule has 3 nitrogen and oxygen atoms in total. The molecule has 0 aliphatic rings. The molecule has 0 atom stereocenters. The number of nitrogens with two attached hydrogens (primary N) is 1. The van der Waals surface area contributed by atoms with E-state index in [1.165, 1.54) is 0 Å². The second-order valence-electron chi connectivity index (χ2n) is 2.92. The Hall–Kier alpha value is -0.940. The van der Waals surface area contributed by atoms with Crippen molar-refractivity contribution in [3.8, 4) is 11.3 Å². The number of aromatic nitrogens is 2. The molecule has 0 spiro atoms. The highest BCUT2D eigenvalue weighted by atomic mass is 79.9. The van der Waals surface area contributed by atoms with Gasteiger partial charge in [-0.15, -0.1) is 0 Å². The first-order chi connectivity index (χ1) is 7.20. The van der Waals surface area contributed by atoms with E-state index in [1.54, 1.807) is 18.6 Å². The summed E-state index contributed by atoms with van der Waals surface area (Å²) < 4.78 is 1.58. The van der Waals surface area contributed by atoms with Crippen molar-refractivity contribution in [2.75, 3.05) is 5.73 Å². The molecule has 5 heteroatoms. The second-order valence-corrected chi connectivity index (χ2v) is 4.57. The number of nitrogens with zero attached hydrogens (tertiary/aromatic N) is 2. The monoisotopic (exact) mass is 327 g/mol. The predicted octanol–water partition coefficient (Wildman–Crippen LogP) is 3.25. The molecule has 2 aromatic rings. The van der Waals surface area contributed by atoms with Crippen molar-refractivity contribution in [1.29, 1.82) is 0 Å². The van der Waals surface area contributed by atoms with Gasteiger partial charge < -0.3 is 5.73 Å². The third kappa shape index (κ3) is 2.03. The summed E-state index contributed by atoms with van der Waals surface area (Å²) in [7, 11) is 0. The van der Waals surface area contributed by atoms with E-state index in [2.05, 4.69) is 41.8 Å². The van der Waals surface area contributed by atoms with Crippen LogP contribution < -0.4 is 5.73 Å². The molecule has 0 saturated carbocycles. The lowest BCUT2D eigenvalue weighted by Crippen LogP contribution is -1.94. The summed E-state index contributed by atoms with van der Waals surface area (Å²) in [5, 5.41) is 0. The average molecular weight is 329 g/mol. The van der Waals surface area contributed by atoms with Crippen molar-refractivity contribution in [2.24, 2.45) is 0 Å². The van der Waals surface area contributed by atoms with Crippen LogP contribution in [-0.4, -0.2) is 9.97 Å². The topological polar surface area (TPSA) is 51.8 Å². The molecule has 0 fully saturated rings. The Morgan fingerprint density at radius 1 is 1.13 bits per heavy atom. The maximum Gasteiger partial charge on any atom is 0.0866 e. The normalized spacial score (nSPS) is 10.3. The summed E-state index contributed by atoms with van der Waals surface area (Å²) in [6.07, 6.45) is 5.14. The summed E-state index contributed by atoms with van der Waals surface area (Å²) in [6, 6.07) is 3.78. The summed E-state index contributed by atoms with van der Waals surface area (Å²) in [5.74, 6) is 0. The molecule has 0 radical (unpaired) electrons. The molecule has 2 N–H and O–H groups in total. The number of anilines is 1. The highest BCUT2D eigenvalue weighted by molar-refractivity contribution is 9.11. The minimum absolute atomic E-state index is 0.650. The van der Waals surface area contributed by atoms with Gasteiger partial charge in [0.15, 0.2) is 0 Å². The molecule has 0 saturated heterocycles. The standard InChI is InChI=1S/C10H7Br2N3/c11-7-5-15-10(8(12)9(7)13)6-1-3-14-4-2-6/h1-5H,(H2,13,15). The van der Waals surface area contributed by atoms with Gasteiger partial charge in [-0.2, -0.15) is 0 Å². The van der Waals surface area contributed by atoms with Crippen LogP contribution in [0.15, 0.2) is 39.7 Å². The molecule has 15 heavy (non-hydrogen) atoms. The lowest BCUT2D eigenvalue weighted by molar-refractivity contribution is 1.27. The van der Waals surface area contributed by atoms with Crippen LogP contribution in [0.4, 0.5) is 5.69 Å². The van der Waals surface area contributed by atoms with Crippen molar-refractivity contribution in [1.82, 2.24) is 9.97 Å². The van der Waals surface area contributed by atoms with Gasteiger partial charge in [0.1, 0.15) is 0 Å². The first kappa shape index (κ1) is 10.6. The number of halogens is 2. The van der Waals surface area contributed by atoms with Crippen LogP contribution in [0, 0.1) is 0 Å². The van der Waals surface area contributed by atoms with Gasteiger partial charge in [-0.3, -0.25) is 9.97 Å². The highest BCUT2D eigenvalue weighted by Crippen LogP contribution is 2.34. The Kier molecular flexibility index (Phi) is 3.02. The van der Waals surface area contributed by atoms with E-state index in [-0.39, 0.29) is 0 Å². The number of pyridine rings is 2. The number of hydrogen-bond acceptors (Lipinski definition) is 3. The quantitative estimate of drug-likeness (QED) is 0.874. The summed E-state index contributed by atoms with van der Waals surface area (Å²) in [5.41, 5.74) is 8.32. The zero-order chi connectivity index (χ0) is 10.8. The first-order valence-electron chi connectivity index (χ1n) is 4.20. The summed E-state index contributed by atoms with van der Waals surface area (Å²) in [4.78, 5) is 8.26. The predicted molar refractivity (Wildman–Crippen MR) is 67.3 cm³/mol. The Morgan fingerprint density at radius 3 is 2.47 bits per heavy atom. The Labute approximate surface area is 104 Å². The van der Waals surface area contributed by atoms with E-state index in [1.807, 2.05) is 12.1 Å². The maximum absolute atomic E-state index is 5.87. The zero-order valence-electron chi connectivity index (χ0n) is 7.61. The van der Waals surface area contributed by atoms with Crippen LogP contribution in [0.25, 0.3) is 11.3 Å². The number of nitrogen functional groups attached to an aromatic ring is 1. The van der Waals surface area contributed by atoms with Gasteiger partial charge >= 0.3 is 0 Å². The molecule has 0 unspecified atom stereocenters. The Balaban J connectivity index is 2.60. The molecule has 0 aliphatic carbocycles. The van der Waals surface area contributed by atoms with Gasteiger partial charge in [-0.25, -0.2) is 0 Å². The fourth-order valence-electron chi connectivity index (χ4n) is 1.19. The van der Waals surface area contributed by atoms with Crippen LogP contribution in [0.2, 0.25) is 0 Å². The van der Waals surface area contributed by atoms with Gasteiger partial charge in [0, 0.05) is 24.2 Å². The molecule has 2 aromatic heterocycles. The van der Waals surface area contributed by atoms with Crippen molar-refractivity contribution in [3.05, 3.63) is 39.7 Å². The Morgan fingerprint density at radius 2 is 1.80 bits per heavy atom. The average Bonchev–Trinajstić information content (AvgIpc) is 2.27. The highest BCUT2D eigenvalue weighted by Gasteiger charge is 2.09. The summed E-state index contributed by atoms with van der Waals surface area (Å²) in [6.45, 7) is 0. The first-order valence-corrected chi connectivity index (χ1v) is 5.78. The van der Waals surface area contributed by atoms with E-state index < -0.39 is 0 Å². The number of rotatable bonds is 1. The van der Waals surface area contributed by atoms with Gasteiger partial charge in [0.25, 0.3) is 0 Å². The molecule has 0 bridgehead atoms. The molecular formula is C10H7Br2N3. The lowest BCUT2D eigenvalue weighted by Gasteiger charge is -2.07. The maximum atomic E-state index is 5.87. The van der Waals surface area contributed by atoms with E-state index in [0.717, 1.165) is 20.2 Å². The molecular weight excluding hydrogens is 322 g/mol. The molecule has 2 rings (SSSR count). The van der Waals surface area contributed by atoms with Gasteiger partial charge in [-0.05, 0) is 44.0 Å². The Bertz CT molecular complexity index is 486. The van der Waals surface area contributed by atoms with Crippen molar-refractivity contribution >= 4 is 37.5 Å². The van der Waals surface area contributed by atoms with Crippen molar-refractivity contribution in [2.45, 2.75) is 0 Å². The van der Waals surface area contributed by atoms with Crippen LogP contribution in [-0.2, 0) is 0 Å². The van der Waals surface area contributed by atoms with Crippen molar-refractivity contribution < 1.29 is 0 Å². The van der Waals surface area contributed by atoms with E-state index >= 15 is 0 Å². The molecule has 76 valence electrons. The minimum Gasteiger partial charge on any atom is -0.397 e. The van der Waals surface area contributed by atoms with Crippen LogP contribution in [0.3, 0.4) is 0 Å². The number of hydrogen-bond donors (Lipinski definition) is 1. The fraction of sp³-hybridized carbons (Fsp3) is 0. The fourth-order valence-corrected chi connectivity index (χ4v) is 2.30. The largest absolute Gasteiger partial charge is 0.397 e. The zero-order valence-corrected chi connectivity index (χ0v) is 10.8.